The van der Waals surface area contributed by atoms with Gasteiger partial charge in [0.25, 0.3) is 5.91 Å². The Kier molecular flexibility index (Phi) is 5.12. The molecule has 22 heavy (non-hydrogen) atoms. The number of halogens is 1. The second-order valence-corrected chi connectivity index (χ2v) is 4.80. The molecule has 0 bridgehead atoms. The summed E-state index contributed by atoms with van der Waals surface area (Å²) in [6, 6.07) is 9.97. The third-order valence-corrected chi connectivity index (χ3v) is 3.30. The largest absolute Gasteiger partial charge is 0.497 e. The van der Waals surface area contributed by atoms with Crippen LogP contribution in [0.1, 0.15) is 10.4 Å². The van der Waals surface area contributed by atoms with Crippen LogP contribution in [0.3, 0.4) is 0 Å². The molecule has 0 saturated carbocycles. The third-order valence-electron chi connectivity index (χ3n) is 3.06. The van der Waals surface area contributed by atoms with Crippen molar-refractivity contribution in [2.24, 2.45) is 0 Å². The SMILES string of the molecule is COc1ccc(OC)c(NC(=O)c2cc(Cl)ccc2OC)c1. The predicted molar refractivity (Wildman–Crippen MR) is 85.5 cm³/mol. The van der Waals surface area contributed by atoms with E-state index < -0.39 is 0 Å². The smallest absolute Gasteiger partial charge is 0.259 e. The molecule has 0 heterocycles. The van der Waals surface area contributed by atoms with E-state index in [1.807, 2.05) is 0 Å². The molecule has 2 aromatic carbocycles. The van der Waals surface area contributed by atoms with Crippen molar-refractivity contribution < 1.29 is 19.0 Å². The highest BCUT2D eigenvalue weighted by Crippen LogP contribution is 2.30. The van der Waals surface area contributed by atoms with Crippen molar-refractivity contribution in [1.29, 1.82) is 0 Å². The topological polar surface area (TPSA) is 56.8 Å². The van der Waals surface area contributed by atoms with Crippen molar-refractivity contribution in [3.8, 4) is 17.2 Å². The Balaban J connectivity index is 2.34. The number of hydrogen-bond donors (Lipinski definition) is 1. The summed E-state index contributed by atoms with van der Waals surface area (Å²) in [5.74, 6) is 1.21. The monoisotopic (exact) mass is 321 g/mol. The minimum Gasteiger partial charge on any atom is -0.497 e. The number of carbonyl (C=O) groups is 1. The number of rotatable bonds is 5. The number of nitrogens with one attached hydrogen (secondary N) is 1. The van der Waals surface area contributed by atoms with E-state index in [9.17, 15) is 4.79 Å². The van der Waals surface area contributed by atoms with Crippen LogP contribution in [0.4, 0.5) is 5.69 Å². The van der Waals surface area contributed by atoms with Gasteiger partial charge in [-0.05, 0) is 30.3 Å². The minimum atomic E-state index is -0.356. The molecule has 0 aliphatic rings. The lowest BCUT2D eigenvalue weighted by Gasteiger charge is -2.13. The lowest BCUT2D eigenvalue weighted by Crippen LogP contribution is -2.14. The lowest BCUT2D eigenvalue weighted by molar-refractivity contribution is 0.102. The van der Waals surface area contributed by atoms with Gasteiger partial charge in [-0.15, -0.1) is 0 Å². The van der Waals surface area contributed by atoms with Crippen LogP contribution in [0.15, 0.2) is 36.4 Å². The van der Waals surface area contributed by atoms with Crippen LogP contribution >= 0.6 is 11.6 Å². The van der Waals surface area contributed by atoms with E-state index in [2.05, 4.69) is 5.32 Å². The lowest BCUT2D eigenvalue weighted by atomic mass is 10.1. The zero-order valence-corrected chi connectivity index (χ0v) is 13.2. The maximum atomic E-state index is 12.5. The molecular weight excluding hydrogens is 306 g/mol. The van der Waals surface area contributed by atoms with E-state index in [0.29, 0.717) is 33.5 Å². The van der Waals surface area contributed by atoms with Crippen LogP contribution in [-0.2, 0) is 0 Å². The molecule has 0 unspecified atom stereocenters. The minimum absolute atomic E-state index is 0.333. The second kappa shape index (κ2) is 7.04. The summed E-state index contributed by atoms with van der Waals surface area (Å²) < 4.78 is 15.6. The predicted octanol–water partition coefficient (Wildman–Crippen LogP) is 3.62. The highest BCUT2D eigenvalue weighted by atomic mass is 35.5. The molecule has 1 amide bonds. The average molecular weight is 322 g/mol. The fourth-order valence-electron chi connectivity index (χ4n) is 1.96. The number of benzene rings is 2. The van der Waals surface area contributed by atoms with E-state index in [1.54, 1.807) is 43.5 Å². The number of amides is 1. The van der Waals surface area contributed by atoms with E-state index in [-0.39, 0.29) is 5.91 Å². The summed E-state index contributed by atoms with van der Waals surface area (Å²) in [4.78, 5) is 12.5. The number of anilines is 1. The van der Waals surface area contributed by atoms with Gasteiger partial charge in [-0.1, -0.05) is 11.6 Å². The molecular formula is C16H16ClNO4. The Morgan fingerprint density at radius 1 is 0.955 bits per heavy atom. The standard InChI is InChI=1S/C16H16ClNO4/c1-20-11-5-7-15(22-3)13(9-11)18-16(19)12-8-10(17)4-6-14(12)21-2/h4-9H,1-3H3,(H,18,19). The van der Waals surface area contributed by atoms with Gasteiger partial charge in [0.15, 0.2) is 0 Å². The highest BCUT2D eigenvalue weighted by Gasteiger charge is 2.15. The molecule has 0 radical (unpaired) electrons. The van der Waals surface area contributed by atoms with Crippen LogP contribution in [-0.4, -0.2) is 27.2 Å². The summed E-state index contributed by atoms with van der Waals surface area (Å²) in [5, 5.41) is 3.22. The van der Waals surface area contributed by atoms with Gasteiger partial charge in [0, 0.05) is 11.1 Å². The van der Waals surface area contributed by atoms with Gasteiger partial charge in [-0.2, -0.15) is 0 Å². The van der Waals surface area contributed by atoms with Gasteiger partial charge >= 0.3 is 0 Å². The van der Waals surface area contributed by atoms with Crippen molar-refractivity contribution >= 4 is 23.2 Å². The van der Waals surface area contributed by atoms with Crippen molar-refractivity contribution in [3.63, 3.8) is 0 Å². The van der Waals surface area contributed by atoms with Crippen LogP contribution in [0.25, 0.3) is 0 Å². The molecule has 2 aromatic rings. The molecule has 116 valence electrons. The van der Waals surface area contributed by atoms with E-state index in [1.165, 1.54) is 14.2 Å². The van der Waals surface area contributed by atoms with Crippen LogP contribution in [0.2, 0.25) is 5.02 Å². The summed E-state index contributed by atoms with van der Waals surface area (Å²) >= 11 is 5.95. The number of ether oxygens (including phenoxy) is 3. The zero-order valence-electron chi connectivity index (χ0n) is 12.5. The Labute approximate surface area is 133 Å². The quantitative estimate of drug-likeness (QED) is 0.914. The number of carbonyl (C=O) groups excluding carboxylic acids is 1. The summed E-state index contributed by atoms with van der Waals surface area (Å²) in [6.07, 6.45) is 0. The number of methoxy groups -OCH3 is 3. The summed E-state index contributed by atoms with van der Waals surface area (Å²) in [5.41, 5.74) is 0.828. The summed E-state index contributed by atoms with van der Waals surface area (Å²) in [7, 11) is 4.57. The second-order valence-electron chi connectivity index (χ2n) is 4.36. The molecule has 1 N–H and O–H groups in total. The first kappa shape index (κ1) is 16.0. The van der Waals surface area contributed by atoms with Crippen LogP contribution in [0, 0.1) is 0 Å². The average Bonchev–Trinajstić information content (AvgIpc) is 2.54. The first-order valence-corrected chi connectivity index (χ1v) is 6.83. The molecule has 0 aromatic heterocycles. The maximum Gasteiger partial charge on any atom is 0.259 e. The van der Waals surface area contributed by atoms with E-state index in [4.69, 9.17) is 25.8 Å². The Morgan fingerprint density at radius 2 is 1.64 bits per heavy atom. The van der Waals surface area contributed by atoms with Crippen LogP contribution < -0.4 is 19.5 Å². The maximum absolute atomic E-state index is 12.5. The van der Waals surface area contributed by atoms with Crippen molar-refractivity contribution in [2.45, 2.75) is 0 Å². The molecule has 6 heteroatoms. The van der Waals surface area contributed by atoms with E-state index >= 15 is 0 Å². The Hall–Kier alpha value is -2.40. The van der Waals surface area contributed by atoms with Gasteiger partial charge < -0.3 is 19.5 Å². The Morgan fingerprint density at radius 3 is 2.27 bits per heavy atom. The molecule has 0 aliphatic heterocycles. The molecule has 2 rings (SSSR count). The fourth-order valence-corrected chi connectivity index (χ4v) is 2.13. The number of hydrogen-bond acceptors (Lipinski definition) is 4. The van der Waals surface area contributed by atoms with Gasteiger partial charge in [0.05, 0.1) is 32.6 Å². The molecule has 5 nitrogen and oxygen atoms in total. The van der Waals surface area contributed by atoms with Crippen molar-refractivity contribution in [2.75, 3.05) is 26.6 Å². The van der Waals surface area contributed by atoms with Crippen molar-refractivity contribution in [3.05, 3.63) is 47.0 Å². The zero-order chi connectivity index (χ0) is 16.1. The molecule has 0 spiro atoms. The first-order chi connectivity index (χ1) is 10.6. The normalized spacial score (nSPS) is 10.0. The highest BCUT2D eigenvalue weighted by molar-refractivity contribution is 6.31. The first-order valence-electron chi connectivity index (χ1n) is 6.46. The van der Waals surface area contributed by atoms with Crippen LogP contribution in [0.5, 0.6) is 17.2 Å². The third kappa shape index (κ3) is 3.43. The van der Waals surface area contributed by atoms with E-state index in [0.717, 1.165) is 0 Å². The van der Waals surface area contributed by atoms with Gasteiger partial charge in [-0.3, -0.25) is 4.79 Å². The molecule has 0 aliphatic carbocycles. The van der Waals surface area contributed by atoms with Gasteiger partial charge in [0.2, 0.25) is 0 Å². The molecule has 0 fully saturated rings. The molecule has 0 saturated heterocycles. The van der Waals surface area contributed by atoms with Crippen molar-refractivity contribution in [1.82, 2.24) is 0 Å². The van der Waals surface area contributed by atoms with Gasteiger partial charge in [-0.25, -0.2) is 0 Å². The Bertz CT molecular complexity index is 688. The molecule has 0 atom stereocenters. The summed E-state index contributed by atoms with van der Waals surface area (Å²) in [6.45, 7) is 0. The van der Waals surface area contributed by atoms with Gasteiger partial charge in [0.1, 0.15) is 17.2 Å². The fraction of sp³-hybridized carbons (Fsp3) is 0.188.